The van der Waals surface area contributed by atoms with Crippen LogP contribution in [0, 0.1) is 11.3 Å². The number of imide groups is 1. The first kappa shape index (κ1) is 22.2. The number of urea groups is 1. The van der Waals surface area contributed by atoms with Crippen LogP contribution in [0.4, 0.5) is 16.2 Å². The Morgan fingerprint density at radius 1 is 1.03 bits per heavy atom. The minimum Gasteiger partial charge on any atom is -0.489 e. The van der Waals surface area contributed by atoms with Crippen molar-refractivity contribution in [2.24, 2.45) is 0 Å². The van der Waals surface area contributed by atoms with Gasteiger partial charge in [0.1, 0.15) is 18.5 Å². The van der Waals surface area contributed by atoms with Crippen LogP contribution >= 0.6 is 0 Å². The minimum atomic E-state index is -1.52. The highest BCUT2D eigenvalue weighted by molar-refractivity contribution is 6.58. The van der Waals surface area contributed by atoms with Crippen molar-refractivity contribution >= 4 is 42.0 Å². The van der Waals surface area contributed by atoms with E-state index in [1.54, 1.807) is 60.7 Å². The molecular formula is C25H19BN4O5. The molecule has 0 radical (unpaired) electrons. The normalized spacial score (nSPS) is 16.2. The van der Waals surface area contributed by atoms with Gasteiger partial charge in [-0.05, 0) is 59.1 Å². The summed E-state index contributed by atoms with van der Waals surface area (Å²) in [6.45, 7) is 0.283. The van der Waals surface area contributed by atoms with Crippen LogP contribution < -0.4 is 25.7 Å². The van der Waals surface area contributed by atoms with Crippen LogP contribution in [0.15, 0.2) is 72.3 Å². The quantitative estimate of drug-likeness (QED) is 0.419. The number of amides is 3. The molecule has 3 aromatic rings. The monoisotopic (exact) mass is 466 g/mol. The molecule has 10 heteroatoms. The second kappa shape index (κ2) is 8.98. The second-order valence-electron chi connectivity index (χ2n) is 8.08. The topological polar surface area (TPSA) is 135 Å². The molecule has 3 aromatic carbocycles. The van der Waals surface area contributed by atoms with Gasteiger partial charge in [0, 0.05) is 5.69 Å². The average Bonchev–Trinajstić information content (AvgIpc) is 2.86. The van der Waals surface area contributed by atoms with Gasteiger partial charge in [-0.2, -0.15) is 5.26 Å². The molecule has 2 heterocycles. The molecule has 0 aromatic heterocycles. The molecule has 0 spiro atoms. The Morgan fingerprint density at radius 3 is 2.46 bits per heavy atom. The van der Waals surface area contributed by atoms with Crippen molar-refractivity contribution in [3.8, 4) is 11.8 Å². The van der Waals surface area contributed by atoms with Gasteiger partial charge in [0.25, 0.3) is 5.91 Å². The lowest BCUT2D eigenvalue weighted by molar-refractivity contribution is -0.117. The fourth-order valence-corrected chi connectivity index (χ4v) is 4.08. The van der Waals surface area contributed by atoms with E-state index < -0.39 is 25.2 Å². The summed E-state index contributed by atoms with van der Waals surface area (Å²) in [4.78, 5) is 26.4. The van der Waals surface area contributed by atoms with E-state index in [1.807, 2.05) is 17.0 Å². The summed E-state index contributed by atoms with van der Waals surface area (Å²) in [5.41, 5.74) is 4.23. The molecule has 9 nitrogen and oxygen atoms in total. The Kier molecular flexibility index (Phi) is 5.70. The maximum absolute atomic E-state index is 12.5. The summed E-state index contributed by atoms with van der Waals surface area (Å²) in [6, 6.07) is 20.6. The van der Waals surface area contributed by atoms with Crippen LogP contribution in [0.3, 0.4) is 0 Å². The fourth-order valence-electron chi connectivity index (χ4n) is 4.08. The van der Waals surface area contributed by atoms with Crippen LogP contribution in [0.1, 0.15) is 16.7 Å². The van der Waals surface area contributed by atoms with E-state index in [2.05, 4.69) is 16.7 Å². The Morgan fingerprint density at radius 2 is 1.77 bits per heavy atom. The molecule has 172 valence electrons. The number of hydrogen-bond acceptors (Lipinski definition) is 7. The van der Waals surface area contributed by atoms with Crippen LogP contribution in [-0.4, -0.2) is 35.3 Å². The van der Waals surface area contributed by atoms with Crippen LogP contribution in [-0.2, 0) is 11.4 Å². The molecule has 0 aliphatic carbocycles. The largest absolute Gasteiger partial charge is 0.489 e. The molecule has 1 unspecified atom stereocenters. The summed E-state index contributed by atoms with van der Waals surface area (Å²) in [6.07, 6.45) is 0.982. The Labute approximate surface area is 201 Å². The highest BCUT2D eigenvalue weighted by Crippen LogP contribution is 2.39. The van der Waals surface area contributed by atoms with Gasteiger partial charge in [-0.3, -0.25) is 10.1 Å². The highest BCUT2D eigenvalue weighted by Gasteiger charge is 2.38. The third-order valence-corrected chi connectivity index (χ3v) is 5.84. The number of ether oxygens (including phenoxy) is 1. The number of benzene rings is 3. The molecule has 35 heavy (non-hydrogen) atoms. The molecule has 1 fully saturated rings. The van der Waals surface area contributed by atoms with Crippen molar-refractivity contribution in [2.75, 3.05) is 4.90 Å². The first-order valence-electron chi connectivity index (χ1n) is 10.8. The number of nitriles is 1. The van der Waals surface area contributed by atoms with Crippen molar-refractivity contribution in [3.05, 3.63) is 89.0 Å². The van der Waals surface area contributed by atoms with Gasteiger partial charge in [0.15, 0.2) is 0 Å². The summed E-state index contributed by atoms with van der Waals surface area (Å²) in [7, 11) is -1.52. The van der Waals surface area contributed by atoms with Gasteiger partial charge < -0.3 is 25.0 Å². The van der Waals surface area contributed by atoms with Gasteiger partial charge >= 0.3 is 13.1 Å². The Balaban J connectivity index is 1.42. The number of fused-ring (bicyclic) bond motifs is 2. The Hall–Kier alpha value is -4.59. The van der Waals surface area contributed by atoms with E-state index in [4.69, 9.17) is 4.74 Å². The smallest absolute Gasteiger partial charge is 0.488 e. The highest BCUT2D eigenvalue weighted by atomic mass is 16.5. The third-order valence-electron chi connectivity index (χ3n) is 5.84. The summed E-state index contributed by atoms with van der Waals surface area (Å²) in [5.74, 6) is 0.127. The molecule has 1 saturated heterocycles. The standard InChI is InChI=1S/C25H19BN4O5/c27-13-16-1-4-17-12-21-23(28-25(32)29-24(21)31)30(22(17)11-16)19-7-9-20(10-8-19)35-14-15-2-5-18(6-3-15)26(33)34/h1-12,23,33-34H,14H2,(H2,28,29,31,32). The zero-order chi connectivity index (χ0) is 24.5. The van der Waals surface area contributed by atoms with Gasteiger partial charge in [0.2, 0.25) is 0 Å². The Bertz CT molecular complexity index is 1380. The molecular weight excluding hydrogens is 447 g/mol. The van der Waals surface area contributed by atoms with Gasteiger partial charge in [-0.15, -0.1) is 0 Å². The molecule has 0 saturated carbocycles. The van der Waals surface area contributed by atoms with E-state index in [9.17, 15) is 24.9 Å². The SMILES string of the molecule is N#Cc1ccc2c(c1)N(c1ccc(OCc3ccc(B(O)O)cc3)cc1)C1NC(=O)NC(=O)C1=C2. The van der Waals surface area contributed by atoms with Crippen LogP contribution in [0.2, 0.25) is 0 Å². The minimum absolute atomic E-state index is 0.283. The number of hydrogen-bond donors (Lipinski definition) is 4. The van der Waals surface area contributed by atoms with Crippen molar-refractivity contribution in [3.63, 3.8) is 0 Å². The van der Waals surface area contributed by atoms with E-state index in [0.29, 0.717) is 33.7 Å². The van der Waals surface area contributed by atoms with Gasteiger partial charge in [0.05, 0.1) is 22.9 Å². The van der Waals surface area contributed by atoms with E-state index in [0.717, 1.165) is 11.1 Å². The number of nitrogens with one attached hydrogen (secondary N) is 2. The number of rotatable bonds is 5. The number of anilines is 2. The maximum atomic E-state index is 12.5. The summed E-state index contributed by atoms with van der Waals surface area (Å²) < 4.78 is 5.85. The zero-order valence-corrected chi connectivity index (χ0v) is 18.3. The van der Waals surface area contributed by atoms with Crippen LogP contribution in [0.5, 0.6) is 5.75 Å². The average molecular weight is 466 g/mol. The second-order valence-corrected chi connectivity index (χ2v) is 8.08. The predicted molar refractivity (Wildman–Crippen MR) is 129 cm³/mol. The first-order chi connectivity index (χ1) is 16.9. The number of carbonyl (C=O) groups excluding carboxylic acids is 2. The van der Waals surface area contributed by atoms with E-state index in [-0.39, 0.29) is 6.61 Å². The van der Waals surface area contributed by atoms with Gasteiger partial charge in [-0.25, -0.2) is 4.79 Å². The zero-order valence-electron chi connectivity index (χ0n) is 18.3. The lowest BCUT2D eigenvalue weighted by Crippen LogP contribution is -2.60. The summed E-state index contributed by atoms with van der Waals surface area (Å²) >= 11 is 0. The van der Waals surface area contributed by atoms with Crippen molar-refractivity contribution in [2.45, 2.75) is 12.8 Å². The fraction of sp³-hybridized carbons (Fsp3) is 0.0800. The van der Waals surface area contributed by atoms with E-state index in [1.165, 1.54) is 0 Å². The van der Waals surface area contributed by atoms with E-state index >= 15 is 0 Å². The van der Waals surface area contributed by atoms with Crippen molar-refractivity contribution in [1.82, 2.24) is 10.6 Å². The number of nitrogens with zero attached hydrogens (tertiary/aromatic N) is 2. The van der Waals surface area contributed by atoms with Crippen molar-refractivity contribution < 1.29 is 24.4 Å². The first-order valence-corrected chi connectivity index (χ1v) is 10.8. The molecule has 2 aliphatic rings. The summed E-state index contributed by atoms with van der Waals surface area (Å²) in [5, 5.41) is 32.8. The van der Waals surface area contributed by atoms with Crippen molar-refractivity contribution in [1.29, 1.82) is 5.26 Å². The molecule has 4 N–H and O–H groups in total. The molecule has 1 atom stereocenters. The maximum Gasteiger partial charge on any atom is 0.488 e. The number of carbonyl (C=O) groups is 2. The van der Waals surface area contributed by atoms with Crippen LogP contribution in [0.25, 0.3) is 6.08 Å². The molecule has 5 rings (SSSR count). The lowest BCUT2D eigenvalue weighted by Gasteiger charge is -2.41. The molecule has 3 amide bonds. The predicted octanol–water partition coefficient (Wildman–Crippen LogP) is 1.52. The molecule has 2 aliphatic heterocycles. The molecule has 0 bridgehead atoms. The lowest BCUT2D eigenvalue weighted by atomic mass is 9.80. The van der Waals surface area contributed by atoms with Gasteiger partial charge in [-0.1, -0.05) is 30.3 Å². The third kappa shape index (κ3) is 4.33.